The Balaban J connectivity index is 1.10. The summed E-state index contributed by atoms with van der Waals surface area (Å²) in [5.74, 6) is 0.696. The monoisotopic (exact) mass is 380 g/mol. The van der Waals surface area contributed by atoms with E-state index < -0.39 is 0 Å². The maximum atomic E-state index is 9.57. The van der Waals surface area contributed by atoms with Gasteiger partial charge < -0.3 is 10.4 Å². The molecule has 2 aliphatic heterocycles. The Morgan fingerprint density at radius 3 is 2.46 bits per heavy atom. The van der Waals surface area contributed by atoms with E-state index in [4.69, 9.17) is 0 Å². The van der Waals surface area contributed by atoms with Gasteiger partial charge in [0.15, 0.2) is 0 Å². The predicted octanol–water partition coefficient (Wildman–Crippen LogP) is 2.09. The minimum atomic E-state index is -0.0973. The summed E-state index contributed by atoms with van der Waals surface area (Å²) >= 11 is 0. The fourth-order valence-electron chi connectivity index (χ4n) is 5.67. The molecule has 4 aliphatic rings. The van der Waals surface area contributed by atoms with Crippen LogP contribution in [0.25, 0.3) is 0 Å². The number of hydrogen-bond acceptors (Lipinski definition) is 5. The molecule has 2 saturated carbocycles. The second-order valence-electron chi connectivity index (χ2n) is 9.53. The van der Waals surface area contributed by atoms with Crippen LogP contribution in [0.2, 0.25) is 0 Å². The molecule has 5 heteroatoms. The average molecular weight is 381 g/mol. The van der Waals surface area contributed by atoms with Gasteiger partial charge in [0.1, 0.15) is 0 Å². The molecular weight excluding hydrogens is 348 g/mol. The summed E-state index contributed by atoms with van der Waals surface area (Å²) in [7, 11) is 0. The van der Waals surface area contributed by atoms with Crippen LogP contribution < -0.4 is 5.32 Å². The number of nitrogens with zero attached hydrogens (tertiary/aromatic N) is 3. The van der Waals surface area contributed by atoms with Crippen molar-refractivity contribution in [2.24, 2.45) is 0 Å². The van der Waals surface area contributed by atoms with Gasteiger partial charge in [-0.3, -0.25) is 9.80 Å². The molecule has 5 nitrogen and oxygen atoms in total. The minimum Gasteiger partial charge on any atom is -0.393 e. The van der Waals surface area contributed by atoms with Gasteiger partial charge in [0.05, 0.1) is 24.1 Å². The lowest BCUT2D eigenvalue weighted by Crippen LogP contribution is -2.74. The number of aliphatic hydroxyl groups is 1. The van der Waals surface area contributed by atoms with Crippen molar-refractivity contribution in [1.29, 1.82) is 5.26 Å². The van der Waals surface area contributed by atoms with Crippen molar-refractivity contribution in [3.05, 3.63) is 35.9 Å². The Bertz CT molecular complexity index is 712. The lowest BCUT2D eigenvalue weighted by atomic mass is 9.77. The molecule has 0 spiro atoms. The van der Waals surface area contributed by atoms with Gasteiger partial charge in [0.25, 0.3) is 0 Å². The topological polar surface area (TPSA) is 62.5 Å². The van der Waals surface area contributed by atoms with Crippen LogP contribution in [0.15, 0.2) is 30.3 Å². The largest absolute Gasteiger partial charge is 0.393 e. The summed E-state index contributed by atoms with van der Waals surface area (Å²) < 4.78 is 0. The van der Waals surface area contributed by atoms with E-state index >= 15 is 0 Å². The van der Waals surface area contributed by atoms with Crippen LogP contribution in [0, 0.1) is 11.3 Å². The van der Waals surface area contributed by atoms with E-state index in [-0.39, 0.29) is 11.6 Å². The Labute approximate surface area is 168 Å². The molecule has 2 aliphatic carbocycles. The lowest BCUT2D eigenvalue weighted by molar-refractivity contribution is -0.116. The van der Waals surface area contributed by atoms with Crippen LogP contribution in [-0.4, -0.2) is 70.9 Å². The molecule has 1 aromatic rings. The van der Waals surface area contributed by atoms with Gasteiger partial charge in [0.2, 0.25) is 0 Å². The lowest BCUT2D eigenvalue weighted by Gasteiger charge is -2.60. The van der Waals surface area contributed by atoms with Crippen molar-refractivity contribution in [2.45, 2.75) is 74.2 Å². The van der Waals surface area contributed by atoms with Crippen LogP contribution in [0.4, 0.5) is 0 Å². The molecule has 2 saturated heterocycles. The smallest absolute Gasteiger partial charge is 0.0642 e. The van der Waals surface area contributed by atoms with Crippen LogP contribution in [0.1, 0.15) is 50.0 Å². The molecule has 1 aromatic carbocycles. The molecule has 28 heavy (non-hydrogen) atoms. The molecule has 2 atom stereocenters. The van der Waals surface area contributed by atoms with E-state index in [2.05, 4.69) is 51.5 Å². The first kappa shape index (κ1) is 18.6. The van der Waals surface area contributed by atoms with Crippen LogP contribution in [0.3, 0.4) is 0 Å². The van der Waals surface area contributed by atoms with Gasteiger partial charge in [-0.25, -0.2) is 0 Å². The van der Waals surface area contributed by atoms with Crippen molar-refractivity contribution in [3.8, 4) is 6.07 Å². The summed E-state index contributed by atoms with van der Waals surface area (Å²) in [6, 6.07) is 15.2. The van der Waals surface area contributed by atoms with Gasteiger partial charge in [0, 0.05) is 50.2 Å². The zero-order chi connectivity index (χ0) is 19.1. The number of piperidine rings is 1. The molecule has 2 N–H and O–H groups in total. The van der Waals surface area contributed by atoms with Crippen LogP contribution >= 0.6 is 0 Å². The van der Waals surface area contributed by atoms with E-state index in [0.29, 0.717) is 30.5 Å². The molecule has 0 radical (unpaired) electrons. The highest BCUT2D eigenvalue weighted by molar-refractivity contribution is 5.27. The first-order valence-electron chi connectivity index (χ1n) is 11.0. The standard InChI is InChI=1S/C23H32N4O/c24-9-8-23(15-26(16-23)19-12-20(28)13-19)27-10-6-18(7-11-27)25-22-14-21(22)17-4-2-1-3-5-17/h1-5,18-22,25,28H,6-8,10-16H2/t19?,20?,21-,22+/m0/s1. The van der Waals surface area contributed by atoms with E-state index in [1.165, 1.54) is 24.8 Å². The molecule has 0 bridgehead atoms. The summed E-state index contributed by atoms with van der Waals surface area (Å²) in [6.45, 7) is 4.22. The fraction of sp³-hybridized carbons (Fsp3) is 0.696. The highest BCUT2D eigenvalue weighted by atomic mass is 16.3. The zero-order valence-electron chi connectivity index (χ0n) is 16.6. The molecule has 5 rings (SSSR count). The van der Waals surface area contributed by atoms with E-state index in [0.717, 1.165) is 39.0 Å². The molecule has 0 unspecified atom stereocenters. The number of likely N-dealkylation sites (tertiary alicyclic amines) is 2. The van der Waals surface area contributed by atoms with Crippen LogP contribution in [-0.2, 0) is 0 Å². The Morgan fingerprint density at radius 1 is 1.11 bits per heavy atom. The van der Waals surface area contributed by atoms with Crippen molar-refractivity contribution >= 4 is 0 Å². The first-order valence-corrected chi connectivity index (χ1v) is 11.0. The minimum absolute atomic E-state index is 0.0619. The molecular formula is C23H32N4O. The number of benzene rings is 1. The van der Waals surface area contributed by atoms with Gasteiger partial charge in [-0.05, 0) is 37.7 Å². The SMILES string of the molecule is N#CCC1(N2CCC(N[C@@H]3C[C@H]3c3ccccc3)CC2)CN(C2CC(O)C2)C1. The third kappa shape index (κ3) is 3.48. The predicted molar refractivity (Wildman–Crippen MR) is 109 cm³/mol. The molecule has 0 aromatic heterocycles. The summed E-state index contributed by atoms with van der Waals surface area (Å²) in [4.78, 5) is 5.09. The highest BCUT2D eigenvalue weighted by Crippen LogP contribution is 2.42. The van der Waals surface area contributed by atoms with Gasteiger partial charge >= 0.3 is 0 Å². The quantitative estimate of drug-likeness (QED) is 0.791. The van der Waals surface area contributed by atoms with E-state index in [9.17, 15) is 10.4 Å². The molecule has 2 heterocycles. The maximum absolute atomic E-state index is 9.57. The van der Waals surface area contributed by atoms with E-state index in [1.54, 1.807) is 0 Å². The van der Waals surface area contributed by atoms with Crippen molar-refractivity contribution in [3.63, 3.8) is 0 Å². The number of hydrogen-bond donors (Lipinski definition) is 2. The Kier molecular flexibility index (Phi) is 4.92. The number of nitriles is 1. The zero-order valence-corrected chi connectivity index (χ0v) is 16.6. The number of rotatable bonds is 6. The maximum Gasteiger partial charge on any atom is 0.0642 e. The fourth-order valence-corrected chi connectivity index (χ4v) is 5.67. The first-order chi connectivity index (χ1) is 13.7. The summed E-state index contributed by atoms with van der Waals surface area (Å²) in [6.07, 6.45) is 6.01. The average Bonchev–Trinajstić information content (AvgIpc) is 3.43. The van der Waals surface area contributed by atoms with Gasteiger partial charge in [-0.15, -0.1) is 0 Å². The summed E-state index contributed by atoms with van der Waals surface area (Å²) in [5.41, 5.74) is 1.54. The number of aliphatic hydroxyl groups excluding tert-OH is 1. The Hall–Kier alpha value is -1.45. The summed E-state index contributed by atoms with van der Waals surface area (Å²) in [5, 5.41) is 22.9. The molecule has 150 valence electrons. The molecule has 4 fully saturated rings. The third-order valence-electron chi connectivity index (χ3n) is 7.64. The highest BCUT2D eigenvalue weighted by Gasteiger charge is 2.52. The van der Waals surface area contributed by atoms with E-state index in [1.807, 2.05) is 0 Å². The van der Waals surface area contributed by atoms with Gasteiger partial charge in [-0.1, -0.05) is 30.3 Å². The van der Waals surface area contributed by atoms with Crippen molar-refractivity contribution < 1.29 is 5.11 Å². The number of nitrogens with one attached hydrogen (secondary N) is 1. The third-order valence-corrected chi connectivity index (χ3v) is 7.64. The normalized spacial score (nSPS) is 35.6. The van der Waals surface area contributed by atoms with Crippen molar-refractivity contribution in [1.82, 2.24) is 15.1 Å². The van der Waals surface area contributed by atoms with Crippen molar-refractivity contribution in [2.75, 3.05) is 26.2 Å². The second kappa shape index (κ2) is 7.42. The second-order valence-corrected chi connectivity index (χ2v) is 9.53. The Morgan fingerprint density at radius 2 is 1.82 bits per heavy atom. The molecule has 0 amide bonds. The van der Waals surface area contributed by atoms with Crippen LogP contribution in [0.5, 0.6) is 0 Å². The van der Waals surface area contributed by atoms with Gasteiger partial charge in [-0.2, -0.15) is 5.26 Å².